The van der Waals surface area contributed by atoms with Crippen LogP contribution in [0.5, 0.6) is 0 Å². The minimum atomic E-state index is 0.280. The topological polar surface area (TPSA) is 32.6 Å². The number of nitrogens with zero attached hydrogens (tertiary/aromatic N) is 1. The molecule has 0 aromatic rings. The van der Waals surface area contributed by atoms with Gasteiger partial charge in [-0.05, 0) is 23.9 Å². The summed E-state index contributed by atoms with van der Waals surface area (Å²) in [5.41, 5.74) is 1.58. The largest absolute Gasteiger partial charge is 0.502 e. The van der Waals surface area contributed by atoms with E-state index in [1.165, 1.54) is 11.8 Å². The van der Waals surface area contributed by atoms with E-state index in [9.17, 15) is 0 Å². The number of aliphatic hydroxyl groups excluding tert-OH is 1. The first-order valence-electron chi connectivity index (χ1n) is 2.14. The fourth-order valence-corrected chi connectivity index (χ4v) is 0.730. The molecule has 0 saturated heterocycles. The lowest BCUT2D eigenvalue weighted by Crippen LogP contribution is -1.67. The highest BCUT2D eigenvalue weighted by atomic mass is 32.2. The van der Waals surface area contributed by atoms with Crippen molar-refractivity contribution in [2.75, 3.05) is 0 Å². The number of aliphatic imine (C=N–C) groups is 1. The predicted molar refractivity (Wildman–Crippen MR) is 35.9 cm³/mol. The minimum Gasteiger partial charge on any atom is -0.502 e. The van der Waals surface area contributed by atoms with Gasteiger partial charge in [0.15, 0.2) is 5.09 Å². The molecular formula is C5H5NOS. The van der Waals surface area contributed by atoms with Gasteiger partial charge in [-0.3, -0.25) is 4.99 Å². The number of thioether (sulfide) groups is 1. The summed E-state index contributed by atoms with van der Waals surface area (Å²) in [4.78, 5) is 3.77. The second-order valence-corrected chi connectivity index (χ2v) is 2.08. The molecule has 1 aliphatic rings. The number of aliphatic hydroxyl groups is 1. The third-order valence-corrected chi connectivity index (χ3v) is 1.25. The predicted octanol–water partition coefficient (Wildman–Crippen LogP) is 1.67. The van der Waals surface area contributed by atoms with Gasteiger partial charge < -0.3 is 5.11 Å². The minimum absolute atomic E-state index is 0.280. The first-order chi connectivity index (χ1) is 3.89. The third kappa shape index (κ3) is 1.42. The van der Waals surface area contributed by atoms with E-state index in [1.807, 2.05) is 0 Å². The van der Waals surface area contributed by atoms with E-state index in [0.717, 1.165) is 0 Å². The van der Waals surface area contributed by atoms with Gasteiger partial charge in [-0.15, -0.1) is 0 Å². The molecule has 0 aromatic heterocycles. The van der Waals surface area contributed by atoms with Crippen molar-refractivity contribution >= 4 is 17.3 Å². The van der Waals surface area contributed by atoms with Gasteiger partial charge in [0.05, 0.1) is 5.55 Å². The zero-order valence-electron chi connectivity index (χ0n) is 4.11. The second kappa shape index (κ2) is 2.57. The van der Waals surface area contributed by atoms with Crippen molar-refractivity contribution in [1.29, 1.82) is 0 Å². The molecule has 0 spiro atoms. The molecule has 0 fully saturated rings. The molecule has 1 rings (SSSR count). The summed E-state index contributed by atoms with van der Waals surface area (Å²) in [6, 6.07) is 0. The molecule has 0 radical (unpaired) electrons. The van der Waals surface area contributed by atoms with Crippen molar-refractivity contribution in [2.45, 2.75) is 0 Å². The van der Waals surface area contributed by atoms with Crippen molar-refractivity contribution in [3.05, 3.63) is 23.4 Å². The van der Waals surface area contributed by atoms with E-state index in [1.54, 1.807) is 23.9 Å². The highest BCUT2D eigenvalue weighted by Crippen LogP contribution is 2.10. The molecule has 1 heterocycles. The SMILES string of the molecule is OC1=CC=CN=CS1. The average Bonchev–Trinajstić information content (AvgIpc) is 1.94. The van der Waals surface area contributed by atoms with Crippen LogP contribution in [0.4, 0.5) is 0 Å². The molecule has 0 bridgehead atoms. The van der Waals surface area contributed by atoms with Crippen molar-refractivity contribution < 1.29 is 5.11 Å². The van der Waals surface area contributed by atoms with Gasteiger partial charge in [0.2, 0.25) is 0 Å². The lowest BCUT2D eigenvalue weighted by Gasteiger charge is -1.84. The Bertz CT molecular complexity index is 160. The van der Waals surface area contributed by atoms with Crippen molar-refractivity contribution in [3.8, 4) is 0 Å². The van der Waals surface area contributed by atoms with E-state index in [-0.39, 0.29) is 5.09 Å². The average molecular weight is 127 g/mol. The summed E-state index contributed by atoms with van der Waals surface area (Å²) in [5, 5.41) is 9.05. The molecule has 1 aliphatic heterocycles. The van der Waals surface area contributed by atoms with Crippen molar-refractivity contribution in [2.24, 2.45) is 4.99 Å². The van der Waals surface area contributed by atoms with E-state index in [4.69, 9.17) is 5.11 Å². The van der Waals surface area contributed by atoms with Gasteiger partial charge in [-0.25, -0.2) is 0 Å². The zero-order valence-corrected chi connectivity index (χ0v) is 4.93. The van der Waals surface area contributed by atoms with E-state index >= 15 is 0 Å². The van der Waals surface area contributed by atoms with Gasteiger partial charge in [0.25, 0.3) is 0 Å². The van der Waals surface area contributed by atoms with Crippen LogP contribution in [-0.2, 0) is 0 Å². The molecule has 42 valence electrons. The van der Waals surface area contributed by atoms with Gasteiger partial charge in [0, 0.05) is 6.20 Å². The number of rotatable bonds is 0. The lowest BCUT2D eigenvalue weighted by atomic mass is 10.6. The maximum atomic E-state index is 8.77. The monoisotopic (exact) mass is 127 g/mol. The van der Waals surface area contributed by atoms with Crippen LogP contribution in [0.15, 0.2) is 28.4 Å². The summed E-state index contributed by atoms with van der Waals surface area (Å²) >= 11 is 1.20. The molecule has 0 atom stereocenters. The Morgan fingerprint density at radius 1 is 1.62 bits per heavy atom. The van der Waals surface area contributed by atoms with E-state index in [0.29, 0.717) is 0 Å². The summed E-state index contributed by atoms with van der Waals surface area (Å²) in [5.74, 6) is 0. The molecule has 0 amide bonds. The lowest BCUT2D eigenvalue weighted by molar-refractivity contribution is 0.457. The Hall–Kier alpha value is -0.700. The normalized spacial score (nSPS) is 17.8. The molecule has 0 aliphatic carbocycles. The number of hydrogen-bond donors (Lipinski definition) is 1. The van der Waals surface area contributed by atoms with Gasteiger partial charge in [0.1, 0.15) is 0 Å². The molecule has 0 unspecified atom stereocenters. The molecule has 0 aromatic carbocycles. The number of allylic oxidation sites excluding steroid dienone is 2. The molecule has 2 nitrogen and oxygen atoms in total. The van der Waals surface area contributed by atoms with Crippen LogP contribution in [-0.4, -0.2) is 10.7 Å². The maximum absolute atomic E-state index is 8.77. The summed E-state index contributed by atoms with van der Waals surface area (Å²) in [7, 11) is 0. The third-order valence-electron chi connectivity index (χ3n) is 0.645. The van der Waals surface area contributed by atoms with Gasteiger partial charge in [-0.2, -0.15) is 0 Å². The second-order valence-electron chi connectivity index (χ2n) is 1.22. The summed E-state index contributed by atoms with van der Waals surface area (Å²) in [6.07, 6.45) is 4.90. The quantitative estimate of drug-likeness (QED) is 0.537. The summed E-state index contributed by atoms with van der Waals surface area (Å²) in [6.45, 7) is 0. The van der Waals surface area contributed by atoms with E-state index < -0.39 is 0 Å². The van der Waals surface area contributed by atoms with Crippen LogP contribution in [0.2, 0.25) is 0 Å². The smallest absolute Gasteiger partial charge is 0.155 e. The molecule has 8 heavy (non-hydrogen) atoms. The van der Waals surface area contributed by atoms with Crippen LogP contribution in [0.1, 0.15) is 0 Å². The fraction of sp³-hybridized carbons (Fsp3) is 0. The highest BCUT2D eigenvalue weighted by Gasteiger charge is 1.88. The van der Waals surface area contributed by atoms with Crippen LogP contribution >= 0.6 is 11.8 Å². The summed E-state index contributed by atoms with van der Waals surface area (Å²) < 4.78 is 0. The Morgan fingerprint density at radius 3 is 3.38 bits per heavy atom. The van der Waals surface area contributed by atoms with Gasteiger partial charge >= 0.3 is 0 Å². The maximum Gasteiger partial charge on any atom is 0.155 e. The Labute approximate surface area is 51.6 Å². The first-order valence-corrected chi connectivity index (χ1v) is 3.01. The zero-order chi connectivity index (χ0) is 5.82. The van der Waals surface area contributed by atoms with E-state index in [2.05, 4.69) is 4.99 Å². The van der Waals surface area contributed by atoms with Crippen molar-refractivity contribution in [1.82, 2.24) is 0 Å². The molecule has 0 saturated carbocycles. The molecular weight excluding hydrogens is 122 g/mol. The van der Waals surface area contributed by atoms with Gasteiger partial charge in [-0.1, -0.05) is 0 Å². The van der Waals surface area contributed by atoms with Crippen LogP contribution in [0.3, 0.4) is 0 Å². The molecule has 1 N–H and O–H groups in total. The first kappa shape index (κ1) is 5.44. The number of hydrogen-bond acceptors (Lipinski definition) is 3. The Kier molecular flexibility index (Phi) is 1.75. The molecule has 3 heteroatoms. The van der Waals surface area contributed by atoms with Crippen molar-refractivity contribution in [3.63, 3.8) is 0 Å². The Morgan fingerprint density at radius 2 is 2.50 bits per heavy atom. The standard InChI is InChI=1S/C5H5NOS/c7-5-2-1-3-6-4-8-5/h1-4,7H. The van der Waals surface area contributed by atoms with Crippen LogP contribution < -0.4 is 0 Å². The van der Waals surface area contributed by atoms with Crippen LogP contribution in [0.25, 0.3) is 0 Å². The van der Waals surface area contributed by atoms with Crippen LogP contribution in [0, 0.1) is 0 Å². The highest BCUT2D eigenvalue weighted by molar-refractivity contribution is 8.15. The fourth-order valence-electron chi connectivity index (χ4n) is 0.334. The Balaban J connectivity index is 2.69.